The van der Waals surface area contributed by atoms with Crippen LogP contribution in [0.4, 0.5) is 17.3 Å². The molecule has 0 radical (unpaired) electrons. The van der Waals surface area contributed by atoms with Gasteiger partial charge in [0, 0.05) is 48.1 Å². The van der Waals surface area contributed by atoms with Crippen LogP contribution >= 0.6 is 0 Å². The van der Waals surface area contributed by atoms with E-state index in [1.807, 2.05) is 6.92 Å². The number of benzene rings is 2. The van der Waals surface area contributed by atoms with Gasteiger partial charge in [0.1, 0.15) is 0 Å². The zero-order valence-corrected chi connectivity index (χ0v) is 16.9. The van der Waals surface area contributed by atoms with Crippen LogP contribution in [0, 0.1) is 6.92 Å². The minimum atomic E-state index is -3.31. The van der Waals surface area contributed by atoms with Gasteiger partial charge in [0.25, 0.3) is 5.56 Å². The number of pyridine rings is 1. The standard InChI is InChI=1S/C25H23N5O2/c1-4-22(31)30(5-2)20-8-6-7-19(14-20)28-25-27-15-18-13-17(9-10-21(18)29-25)23-16(3)11-12-26-24(23)32/h4,6-15H,1,5H2,2-3H3,(H,26,32)(H,27,28,29)/i1D2,2D3,4D,5D2. The first-order valence-electron chi connectivity index (χ1n) is 13.5. The van der Waals surface area contributed by atoms with E-state index in [1.165, 1.54) is 18.2 Å². The number of rotatable bonds is 6. The fourth-order valence-electron chi connectivity index (χ4n) is 3.33. The Bertz CT molecular complexity index is 1700. The monoisotopic (exact) mass is 433 g/mol. The number of likely N-dealkylation sites (N-methyl/N-ethyl adjacent to an activating group) is 1. The summed E-state index contributed by atoms with van der Waals surface area (Å²) in [6, 6.07) is 11.4. The molecule has 0 saturated heterocycles. The Hall–Kier alpha value is -4.26. The fourth-order valence-corrected chi connectivity index (χ4v) is 3.33. The molecule has 2 heterocycles. The lowest BCUT2D eigenvalue weighted by Crippen LogP contribution is -2.28. The minimum Gasteiger partial charge on any atom is -0.329 e. The van der Waals surface area contributed by atoms with Crippen molar-refractivity contribution in [3.8, 4) is 11.1 Å². The molecule has 0 fully saturated rings. The summed E-state index contributed by atoms with van der Waals surface area (Å²) in [7, 11) is 0. The van der Waals surface area contributed by atoms with Crippen LogP contribution in [0.2, 0.25) is 0 Å². The number of amides is 1. The van der Waals surface area contributed by atoms with Crippen molar-refractivity contribution in [1.82, 2.24) is 15.0 Å². The number of hydrogen-bond donors (Lipinski definition) is 2. The molecule has 2 aromatic heterocycles. The maximum absolute atomic E-state index is 12.9. The van der Waals surface area contributed by atoms with Crippen LogP contribution < -0.4 is 15.8 Å². The predicted octanol–water partition coefficient (Wildman–Crippen LogP) is 4.58. The van der Waals surface area contributed by atoms with E-state index >= 15 is 0 Å². The molecule has 0 aliphatic carbocycles. The van der Waals surface area contributed by atoms with Crippen molar-refractivity contribution in [2.45, 2.75) is 13.8 Å². The molecule has 0 atom stereocenters. The summed E-state index contributed by atoms with van der Waals surface area (Å²) in [4.78, 5) is 36.8. The van der Waals surface area contributed by atoms with E-state index in [0.29, 0.717) is 22.0 Å². The van der Waals surface area contributed by atoms with E-state index in [2.05, 4.69) is 20.3 Å². The third kappa shape index (κ3) is 4.13. The Balaban J connectivity index is 1.69. The Morgan fingerprint density at radius 1 is 1.38 bits per heavy atom. The second-order valence-corrected chi connectivity index (χ2v) is 6.88. The highest BCUT2D eigenvalue weighted by molar-refractivity contribution is 6.01. The molecule has 0 unspecified atom stereocenters. The largest absolute Gasteiger partial charge is 0.329 e. The summed E-state index contributed by atoms with van der Waals surface area (Å²) in [5, 5.41) is 3.59. The van der Waals surface area contributed by atoms with Gasteiger partial charge in [-0.3, -0.25) is 9.59 Å². The Morgan fingerprint density at radius 3 is 3.09 bits per heavy atom. The van der Waals surface area contributed by atoms with E-state index in [9.17, 15) is 9.59 Å². The maximum atomic E-state index is 12.9. The molecular weight excluding hydrogens is 402 g/mol. The number of hydrogen-bond acceptors (Lipinski definition) is 5. The van der Waals surface area contributed by atoms with Gasteiger partial charge >= 0.3 is 0 Å². The van der Waals surface area contributed by atoms with Crippen molar-refractivity contribution in [1.29, 1.82) is 0 Å². The summed E-state index contributed by atoms with van der Waals surface area (Å²) < 4.78 is 61.3. The maximum Gasteiger partial charge on any atom is 0.256 e. The molecule has 2 aromatic carbocycles. The van der Waals surface area contributed by atoms with Crippen LogP contribution in [0.15, 0.2) is 78.3 Å². The first-order chi connectivity index (χ1) is 18.7. The van der Waals surface area contributed by atoms with Gasteiger partial charge in [-0.05, 0) is 67.4 Å². The SMILES string of the molecule is [2H]C([2H])=C([2H])C(=O)N(c1cccc(Nc2ncc3cc(-c4c(C)cc[nH]c4=O)ccc3n2)c1)C([2H])([2H])C([2H])([2H])[2H]. The molecule has 0 aliphatic heterocycles. The molecule has 4 aromatic rings. The highest BCUT2D eigenvalue weighted by Gasteiger charge is 2.12. The van der Waals surface area contributed by atoms with Crippen molar-refractivity contribution in [3.63, 3.8) is 0 Å². The van der Waals surface area contributed by atoms with Crippen LogP contribution in [-0.4, -0.2) is 27.4 Å². The summed E-state index contributed by atoms with van der Waals surface area (Å²) in [5.41, 5.74) is 2.43. The lowest BCUT2D eigenvalue weighted by atomic mass is 10.0. The second kappa shape index (κ2) is 8.85. The van der Waals surface area contributed by atoms with Crippen LogP contribution in [0.1, 0.15) is 23.4 Å². The number of aryl methyl sites for hydroxylation is 1. The molecule has 0 saturated carbocycles. The topological polar surface area (TPSA) is 91.0 Å². The van der Waals surface area contributed by atoms with Crippen LogP contribution in [-0.2, 0) is 4.79 Å². The predicted molar refractivity (Wildman–Crippen MR) is 128 cm³/mol. The van der Waals surface area contributed by atoms with Gasteiger partial charge in [0.15, 0.2) is 0 Å². The number of carbonyl (C=O) groups excluding carboxylic acids is 1. The van der Waals surface area contributed by atoms with Crippen molar-refractivity contribution in [2.24, 2.45) is 0 Å². The number of fused-ring (bicyclic) bond motifs is 1. The molecule has 160 valence electrons. The van der Waals surface area contributed by atoms with Gasteiger partial charge in [-0.2, -0.15) is 0 Å². The van der Waals surface area contributed by atoms with Crippen LogP contribution in [0.25, 0.3) is 22.0 Å². The number of anilines is 3. The lowest BCUT2D eigenvalue weighted by molar-refractivity contribution is -0.114. The van der Waals surface area contributed by atoms with E-state index in [0.717, 1.165) is 5.56 Å². The summed E-state index contributed by atoms with van der Waals surface area (Å²) in [5.74, 6) is -1.31. The number of carbonyl (C=O) groups is 1. The first kappa shape index (κ1) is 13.2. The number of aromatic amines is 1. The van der Waals surface area contributed by atoms with Crippen molar-refractivity contribution in [2.75, 3.05) is 16.7 Å². The van der Waals surface area contributed by atoms with E-state index in [1.54, 1.807) is 42.7 Å². The first-order valence-corrected chi connectivity index (χ1v) is 9.52. The average molecular weight is 434 g/mol. The zero-order chi connectivity index (χ0) is 29.4. The van der Waals surface area contributed by atoms with Crippen molar-refractivity contribution >= 4 is 34.1 Å². The third-order valence-corrected chi connectivity index (χ3v) is 4.82. The number of nitrogens with one attached hydrogen (secondary N) is 2. The summed E-state index contributed by atoms with van der Waals surface area (Å²) >= 11 is 0. The number of nitrogens with zero attached hydrogens (tertiary/aromatic N) is 3. The molecule has 1 amide bonds. The molecule has 7 heteroatoms. The van der Waals surface area contributed by atoms with E-state index < -0.39 is 31.8 Å². The van der Waals surface area contributed by atoms with E-state index in [-0.39, 0.29) is 27.8 Å². The minimum absolute atomic E-state index is 0.142. The van der Waals surface area contributed by atoms with E-state index in [4.69, 9.17) is 11.0 Å². The molecule has 0 bridgehead atoms. The quantitative estimate of drug-likeness (QED) is 0.435. The molecule has 2 N–H and O–H groups in total. The zero-order valence-electron chi connectivity index (χ0n) is 24.9. The summed E-state index contributed by atoms with van der Waals surface area (Å²) in [6.07, 6.45) is 3.13. The number of aromatic nitrogens is 3. The molecule has 0 spiro atoms. The Morgan fingerprint density at radius 2 is 2.28 bits per heavy atom. The second-order valence-electron chi connectivity index (χ2n) is 6.88. The molecule has 0 aliphatic rings. The van der Waals surface area contributed by atoms with Gasteiger partial charge < -0.3 is 15.2 Å². The summed E-state index contributed by atoms with van der Waals surface area (Å²) in [6.45, 7) is -5.92. The molecule has 4 rings (SSSR count). The normalized spacial score (nSPS) is 15.0. The molecular formula is C25H23N5O2. The van der Waals surface area contributed by atoms with Gasteiger partial charge in [-0.1, -0.05) is 18.7 Å². The fraction of sp³-hybridized carbons (Fsp3) is 0.120. The Kier molecular flexibility index (Phi) is 3.66. The van der Waals surface area contributed by atoms with Gasteiger partial charge in [0.05, 0.1) is 9.63 Å². The highest BCUT2D eigenvalue weighted by Crippen LogP contribution is 2.25. The smallest absolute Gasteiger partial charge is 0.256 e. The van der Waals surface area contributed by atoms with Gasteiger partial charge in [0.2, 0.25) is 11.9 Å². The lowest BCUT2D eigenvalue weighted by Gasteiger charge is -2.20. The van der Waals surface area contributed by atoms with Crippen molar-refractivity contribution < 1.29 is 15.8 Å². The Labute approximate surface area is 196 Å². The average Bonchev–Trinajstić information content (AvgIpc) is 2.87. The number of H-pyrrole nitrogens is 1. The molecule has 7 nitrogen and oxygen atoms in total. The van der Waals surface area contributed by atoms with Crippen LogP contribution in [0.5, 0.6) is 0 Å². The molecule has 32 heavy (non-hydrogen) atoms. The van der Waals surface area contributed by atoms with Crippen LogP contribution in [0.3, 0.4) is 0 Å². The van der Waals surface area contributed by atoms with Gasteiger partial charge in [-0.25, -0.2) is 9.97 Å². The van der Waals surface area contributed by atoms with Crippen molar-refractivity contribution in [3.05, 3.63) is 89.4 Å². The van der Waals surface area contributed by atoms with Gasteiger partial charge in [-0.15, -0.1) is 0 Å². The third-order valence-electron chi connectivity index (χ3n) is 4.82. The highest BCUT2D eigenvalue weighted by atomic mass is 16.2.